The quantitative estimate of drug-likeness (QED) is 0.449. The van der Waals surface area contributed by atoms with Gasteiger partial charge in [0.2, 0.25) is 0 Å². The number of aliphatic carboxylic acids is 1. The first-order valence-electron chi connectivity index (χ1n) is 8.36. The second-order valence-corrected chi connectivity index (χ2v) is 5.78. The third-order valence-corrected chi connectivity index (χ3v) is 3.99. The lowest BCUT2D eigenvalue weighted by molar-refractivity contribution is -0.213. The molecule has 3 aromatic rings. The average Bonchev–Trinajstić information content (AvgIpc) is 2.71. The molecule has 0 aliphatic heterocycles. The normalized spacial score (nSPS) is 10.6. The molecule has 3 rings (SSSR count). The second-order valence-electron chi connectivity index (χ2n) is 5.78. The fourth-order valence-corrected chi connectivity index (χ4v) is 2.72. The Morgan fingerprint density at radius 3 is 2.34 bits per heavy atom. The third-order valence-electron chi connectivity index (χ3n) is 3.99. The van der Waals surface area contributed by atoms with Crippen molar-refractivity contribution in [1.82, 2.24) is 0 Å². The van der Waals surface area contributed by atoms with E-state index in [1.807, 2.05) is 0 Å². The SMILES string of the molecule is COc1ccc(-c2cc(=O)c3c(OC)cc(OOCC(=O)O)cc3o2)cc1OC. The first-order chi connectivity index (χ1) is 14.0. The molecule has 0 saturated carbocycles. The highest BCUT2D eigenvalue weighted by Gasteiger charge is 2.16. The van der Waals surface area contributed by atoms with Crippen LogP contribution < -0.4 is 24.5 Å². The first kappa shape index (κ1) is 20.0. The maximum absolute atomic E-state index is 12.7. The van der Waals surface area contributed by atoms with Crippen molar-refractivity contribution in [2.24, 2.45) is 0 Å². The molecule has 0 spiro atoms. The van der Waals surface area contributed by atoms with Gasteiger partial charge < -0.3 is 28.6 Å². The minimum absolute atomic E-state index is 0.114. The van der Waals surface area contributed by atoms with Crippen molar-refractivity contribution in [2.75, 3.05) is 27.9 Å². The molecular weight excluding hydrogens is 384 g/mol. The van der Waals surface area contributed by atoms with Crippen molar-refractivity contribution in [3.05, 3.63) is 46.6 Å². The van der Waals surface area contributed by atoms with E-state index in [0.717, 1.165) is 0 Å². The third kappa shape index (κ3) is 4.25. The highest BCUT2D eigenvalue weighted by atomic mass is 17.2. The number of hydrogen-bond donors (Lipinski definition) is 1. The maximum Gasteiger partial charge on any atom is 0.334 e. The van der Waals surface area contributed by atoms with Crippen LogP contribution in [0.25, 0.3) is 22.3 Å². The zero-order valence-corrected chi connectivity index (χ0v) is 15.9. The molecule has 0 amide bonds. The summed E-state index contributed by atoms with van der Waals surface area (Å²) in [5, 5.41) is 8.84. The number of carbonyl (C=O) groups is 1. The number of methoxy groups -OCH3 is 3. The fraction of sp³-hybridized carbons (Fsp3) is 0.200. The molecule has 1 N–H and O–H groups in total. The Kier molecular flexibility index (Phi) is 5.89. The van der Waals surface area contributed by atoms with Gasteiger partial charge in [0.25, 0.3) is 0 Å². The zero-order chi connectivity index (χ0) is 21.0. The summed E-state index contributed by atoms with van der Waals surface area (Å²) in [5.41, 5.74) is 0.440. The highest BCUT2D eigenvalue weighted by molar-refractivity contribution is 5.86. The minimum atomic E-state index is -1.19. The highest BCUT2D eigenvalue weighted by Crippen LogP contribution is 2.35. The summed E-state index contributed by atoms with van der Waals surface area (Å²) >= 11 is 0. The number of carboxylic acid groups (broad SMARTS) is 1. The van der Waals surface area contributed by atoms with E-state index in [1.165, 1.54) is 39.5 Å². The molecule has 1 heterocycles. The van der Waals surface area contributed by atoms with E-state index in [2.05, 4.69) is 4.89 Å². The topological polar surface area (TPSA) is 114 Å². The predicted molar refractivity (Wildman–Crippen MR) is 102 cm³/mol. The summed E-state index contributed by atoms with van der Waals surface area (Å²) in [5.74, 6) is 0.415. The van der Waals surface area contributed by atoms with Crippen molar-refractivity contribution < 1.29 is 38.3 Å². The van der Waals surface area contributed by atoms with E-state index in [1.54, 1.807) is 18.2 Å². The molecule has 0 unspecified atom stereocenters. The van der Waals surface area contributed by atoms with Crippen LogP contribution in [-0.2, 0) is 9.68 Å². The number of benzene rings is 2. The Morgan fingerprint density at radius 1 is 0.966 bits per heavy atom. The molecule has 0 aliphatic rings. The minimum Gasteiger partial charge on any atom is -0.496 e. The summed E-state index contributed by atoms with van der Waals surface area (Å²) in [6.07, 6.45) is 0. The molecule has 0 atom stereocenters. The number of rotatable bonds is 8. The average molecular weight is 402 g/mol. The Hall–Kier alpha value is -3.72. The largest absolute Gasteiger partial charge is 0.496 e. The van der Waals surface area contributed by atoms with Crippen LogP contribution in [0.5, 0.6) is 23.0 Å². The van der Waals surface area contributed by atoms with Crippen molar-refractivity contribution in [1.29, 1.82) is 0 Å². The molecule has 0 saturated heterocycles. The molecule has 1 aromatic heterocycles. The number of fused-ring (bicyclic) bond motifs is 1. The van der Waals surface area contributed by atoms with Gasteiger partial charge >= 0.3 is 5.97 Å². The van der Waals surface area contributed by atoms with Gasteiger partial charge in [0, 0.05) is 23.8 Å². The Balaban J connectivity index is 2.09. The van der Waals surface area contributed by atoms with Crippen molar-refractivity contribution in [3.8, 4) is 34.3 Å². The molecule has 0 aliphatic carbocycles. The van der Waals surface area contributed by atoms with Gasteiger partial charge in [-0.2, -0.15) is 4.89 Å². The second kappa shape index (κ2) is 8.53. The monoisotopic (exact) mass is 402 g/mol. The Morgan fingerprint density at radius 2 is 1.69 bits per heavy atom. The van der Waals surface area contributed by atoms with Crippen LogP contribution in [0.1, 0.15) is 0 Å². The summed E-state index contributed by atoms with van der Waals surface area (Å²) < 4.78 is 21.6. The number of hydrogen-bond acceptors (Lipinski definition) is 8. The van der Waals surface area contributed by atoms with Gasteiger partial charge in [-0.05, 0) is 18.2 Å². The Labute approximate surface area is 164 Å². The molecule has 152 valence electrons. The lowest BCUT2D eigenvalue weighted by Gasteiger charge is -2.11. The van der Waals surface area contributed by atoms with Crippen LogP contribution in [0.2, 0.25) is 0 Å². The van der Waals surface area contributed by atoms with Crippen LogP contribution in [0, 0.1) is 0 Å². The van der Waals surface area contributed by atoms with Crippen LogP contribution in [-0.4, -0.2) is 39.0 Å². The molecule has 9 heteroatoms. The van der Waals surface area contributed by atoms with E-state index >= 15 is 0 Å². The van der Waals surface area contributed by atoms with E-state index < -0.39 is 12.6 Å². The van der Waals surface area contributed by atoms with Gasteiger partial charge in [0.15, 0.2) is 29.3 Å². The van der Waals surface area contributed by atoms with Gasteiger partial charge in [0.1, 0.15) is 22.5 Å². The van der Waals surface area contributed by atoms with E-state index in [4.69, 9.17) is 28.6 Å². The molecular formula is C20H18O9. The van der Waals surface area contributed by atoms with Gasteiger partial charge in [-0.25, -0.2) is 4.79 Å². The molecule has 29 heavy (non-hydrogen) atoms. The van der Waals surface area contributed by atoms with E-state index in [9.17, 15) is 9.59 Å². The summed E-state index contributed by atoms with van der Waals surface area (Å²) in [6, 6.07) is 9.24. The molecule has 0 bridgehead atoms. The van der Waals surface area contributed by atoms with Gasteiger partial charge in [0.05, 0.1) is 21.3 Å². The fourth-order valence-electron chi connectivity index (χ4n) is 2.72. The van der Waals surface area contributed by atoms with Crippen molar-refractivity contribution in [3.63, 3.8) is 0 Å². The summed E-state index contributed by atoms with van der Waals surface area (Å²) in [4.78, 5) is 32.8. The maximum atomic E-state index is 12.7. The first-order valence-corrected chi connectivity index (χ1v) is 8.36. The smallest absolute Gasteiger partial charge is 0.334 e. The standard InChI is InChI=1S/C20H18O9/c1-24-14-5-4-11(6-16(14)25-2)15-9-13(21)20-17(26-3)7-12(8-18(20)28-15)29-27-10-19(22)23/h4-9H,10H2,1-3H3,(H,22,23). The van der Waals surface area contributed by atoms with Crippen LogP contribution in [0.15, 0.2) is 45.6 Å². The molecule has 0 fully saturated rings. The van der Waals surface area contributed by atoms with Gasteiger partial charge in [-0.1, -0.05) is 0 Å². The van der Waals surface area contributed by atoms with Crippen molar-refractivity contribution in [2.45, 2.75) is 0 Å². The Bertz CT molecular complexity index is 1100. The van der Waals surface area contributed by atoms with E-state index in [0.29, 0.717) is 17.1 Å². The van der Waals surface area contributed by atoms with Crippen LogP contribution >= 0.6 is 0 Å². The zero-order valence-electron chi connectivity index (χ0n) is 15.9. The molecule has 2 aromatic carbocycles. The lowest BCUT2D eigenvalue weighted by Crippen LogP contribution is -2.09. The summed E-state index contributed by atoms with van der Waals surface area (Å²) in [6.45, 7) is -0.657. The van der Waals surface area contributed by atoms with Gasteiger partial charge in [-0.3, -0.25) is 4.79 Å². The summed E-state index contributed by atoms with van der Waals surface area (Å²) in [7, 11) is 4.41. The predicted octanol–water partition coefficient (Wildman–Crippen LogP) is 2.88. The van der Waals surface area contributed by atoms with Crippen molar-refractivity contribution >= 4 is 16.9 Å². The van der Waals surface area contributed by atoms with Crippen LogP contribution in [0.4, 0.5) is 0 Å². The van der Waals surface area contributed by atoms with Gasteiger partial charge in [-0.15, -0.1) is 0 Å². The van der Waals surface area contributed by atoms with Crippen LogP contribution in [0.3, 0.4) is 0 Å². The number of carboxylic acids is 1. The molecule has 0 radical (unpaired) electrons. The lowest BCUT2D eigenvalue weighted by atomic mass is 10.1. The van der Waals surface area contributed by atoms with E-state index in [-0.39, 0.29) is 33.7 Å². The number of ether oxygens (including phenoxy) is 3. The molecule has 9 nitrogen and oxygen atoms in total.